The lowest BCUT2D eigenvalue weighted by Gasteiger charge is -2.02. The normalized spacial score (nSPS) is 11.4. The number of nitrogens with zero attached hydrogens (tertiary/aromatic N) is 1. The Morgan fingerprint density at radius 1 is 1.57 bits per heavy atom. The molecule has 0 amide bonds. The van der Waals surface area contributed by atoms with Crippen LogP contribution >= 0.6 is 7.74 Å². The summed E-state index contributed by atoms with van der Waals surface area (Å²) in [6, 6.07) is 0. The minimum atomic E-state index is -3.28. The van der Waals surface area contributed by atoms with Gasteiger partial charge in [-0.3, -0.25) is 0 Å². The molecule has 0 fully saturated rings. The van der Waals surface area contributed by atoms with Crippen LogP contribution in [0.3, 0.4) is 0 Å². The molecule has 0 saturated heterocycles. The maximum absolute atomic E-state index is 8.41. The van der Waals surface area contributed by atoms with Crippen LogP contribution in [-0.4, -0.2) is 23.9 Å². The highest BCUT2D eigenvalue weighted by molar-refractivity contribution is 7.49. The Morgan fingerprint density at radius 2 is 2.00 bits per heavy atom. The van der Waals surface area contributed by atoms with Gasteiger partial charge in [0.1, 0.15) is 0 Å². The largest absolute Gasteiger partial charge is 0.349 e. The van der Waals surface area contributed by atoms with Crippen LogP contribution in [0, 0.1) is 0 Å². The second-order valence-corrected chi connectivity index (χ2v) is 2.69. The van der Waals surface area contributed by atoms with Crippen LogP contribution in [0.5, 0.6) is 0 Å². The molecular weight excluding hydrogens is 117 g/mol. The van der Waals surface area contributed by atoms with Crippen LogP contribution in [-0.2, 0) is 4.52 Å². The molecule has 2 N–H and O–H groups in total. The van der Waals surface area contributed by atoms with Crippen LogP contribution in [0.1, 0.15) is 0 Å². The van der Waals surface area contributed by atoms with Gasteiger partial charge in [0.25, 0.3) is 0 Å². The predicted octanol–water partition coefficient (Wildman–Crippen LogP) is 0.193. The second-order valence-electron chi connectivity index (χ2n) is 0.896. The van der Waals surface area contributed by atoms with Crippen LogP contribution in [0.25, 0.3) is 0 Å². The Balaban J connectivity index is 3.85. The molecule has 44 valence electrons. The zero-order valence-corrected chi connectivity index (χ0v) is 5.09. The van der Waals surface area contributed by atoms with Gasteiger partial charge in [-0.1, -0.05) is 0 Å². The van der Waals surface area contributed by atoms with Gasteiger partial charge in [-0.2, -0.15) is 0 Å². The quantitative estimate of drug-likeness (QED) is 0.492. The monoisotopic (exact) mass is 125 g/mol. The maximum atomic E-state index is 8.41. The SMILES string of the molecule is CN=P(O)(O)OC. The van der Waals surface area contributed by atoms with Gasteiger partial charge in [-0.15, -0.1) is 0 Å². The van der Waals surface area contributed by atoms with Crippen molar-refractivity contribution in [2.75, 3.05) is 14.2 Å². The van der Waals surface area contributed by atoms with Crippen molar-refractivity contribution in [1.29, 1.82) is 0 Å². The first-order chi connectivity index (χ1) is 3.12. The molecule has 0 aromatic carbocycles. The molecule has 0 aliphatic rings. The molecule has 0 aromatic rings. The van der Waals surface area contributed by atoms with E-state index in [2.05, 4.69) is 9.27 Å². The van der Waals surface area contributed by atoms with Gasteiger partial charge in [0.15, 0.2) is 0 Å². The smallest absolute Gasteiger partial charge is 0.319 e. The highest BCUT2D eigenvalue weighted by Crippen LogP contribution is 2.38. The Kier molecular flexibility index (Phi) is 2.46. The summed E-state index contributed by atoms with van der Waals surface area (Å²) in [4.78, 5) is 16.8. The van der Waals surface area contributed by atoms with Gasteiger partial charge in [-0.05, 0) is 0 Å². The van der Waals surface area contributed by atoms with E-state index in [0.29, 0.717) is 0 Å². The molecule has 0 unspecified atom stereocenters. The molecule has 0 spiro atoms. The Bertz CT molecular complexity index is 95.1. The molecule has 0 heterocycles. The fraction of sp³-hybridized carbons (Fsp3) is 1.00. The lowest BCUT2D eigenvalue weighted by atomic mass is 11.6. The summed E-state index contributed by atoms with van der Waals surface area (Å²) in [5, 5.41) is 0. The first kappa shape index (κ1) is 7.11. The van der Waals surface area contributed by atoms with Crippen molar-refractivity contribution in [3.63, 3.8) is 0 Å². The summed E-state index contributed by atoms with van der Waals surface area (Å²) in [6.45, 7) is 0. The molecule has 5 heteroatoms. The van der Waals surface area contributed by atoms with E-state index in [1.807, 2.05) is 0 Å². The van der Waals surface area contributed by atoms with Crippen LogP contribution in [0.15, 0.2) is 4.74 Å². The van der Waals surface area contributed by atoms with Crippen LogP contribution < -0.4 is 0 Å². The summed E-state index contributed by atoms with van der Waals surface area (Å²) in [7, 11) is -0.795. The molecule has 0 atom stereocenters. The third-order valence-electron chi connectivity index (χ3n) is 0.505. The van der Waals surface area contributed by atoms with Gasteiger partial charge in [0.05, 0.1) is 0 Å². The van der Waals surface area contributed by atoms with Gasteiger partial charge in [0, 0.05) is 14.2 Å². The van der Waals surface area contributed by atoms with Gasteiger partial charge >= 0.3 is 7.74 Å². The first-order valence-electron chi connectivity index (χ1n) is 1.64. The topological polar surface area (TPSA) is 62.1 Å². The highest BCUT2D eigenvalue weighted by Gasteiger charge is 2.03. The van der Waals surface area contributed by atoms with Crippen molar-refractivity contribution in [3.05, 3.63) is 0 Å². The Hall–Kier alpha value is 0.110. The predicted molar refractivity (Wildman–Crippen MR) is 26.7 cm³/mol. The Morgan fingerprint density at radius 3 is 2.00 bits per heavy atom. The molecule has 7 heavy (non-hydrogen) atoms. The van der Waals surface area contributed by atoms with E-state index in [4.69, 9.17) is 9.79 Å². The molecule has 0 bridgehead atoms. The maximum Gasteiger partial charge on any atom is 0.349 e. The van der Waals surface area contributed by atoms with Crippen LogP contribution in [0.4, 0.5) is 0 Å². The first-order valence-corrected chi connectivity index (χ1v) is 3.20. The standard InChI is InChI=1S/C2H8NO3P/c1-3-7(4,5)6-2/h4-5H,1-2H3. The third-order valence-corrected chi connectivity index (χ3v) is 1.52. The van der Waals surface area contributed by atoms with Crippen molar-refractivity contribution in [2.24, 2.45) is 4.74 Å². The molecule has 0 saturated carbocycles. The van der Waals surface area contributed by atoms with E-state index >= 15 is 0 Å². The molecule has 0 rings (SSSR count). The lowest BCUT2D eigenvalue weighted by Crippen LogP contribution is -1.78. The zero-order chi connectivity index (χ0) is 5.91. The van der Waals surface area contributed by atoms with E-state index in [-0.39, 0.29) is 0 Å². The fourth-order valence-electron chi connectivity index (χ4n) is 0.0816. The van der Waals surface area contributed by atoms with E-state index in [1.165, 1.54) is 14.2 Å². The van der Waals surface area contributed by atoms with Crippen LogP contribution in [0.2, 0.25) is 0 Å². The minimum Gasteiger partial charge on any atom is -0.319 e. The average molecular weight is 125 g/mol. The number of hydrogen-bond donors (Lipinski definition) is 2. The van der Waals surface area contributed by atoms with E-state index in [0.717, 1.165) is 0 Å². The van der Waals surface area contributed by atoms with Crippen molar-refractivity contribution >= 4 is 7.74 Å². The van der Waals surface area contributed by atoms with E-state index in [1.54, 1.807) is 0 Å². The molecule has 0 aromatic heterocycles. The zero-order valence-electron chi connectivity index (χ0n) is 4.20. The van der Waals surface area contributed by atoms with Gasteiger partial charge in [-0.25, -0.2) is 4.74 Å². The van der Waals surface area contributed by atoms with Crippen molar-refractivity contribution in [3.8, 4) is 0 Å². The van der Waals surface area contributed by atoms with Gasteiger partial charge in [0.2, 0.25) is 0 Å². The summed E-state index contributed by atoms with van der Waals surface area (Å²) in [5.74, 6) is 0. The van der Waals surface area contributed by atoms with Crippen molar-refractivity contribution in [2.45, 2.75) is 0 Å². The molecular formula is C2H8NO3P. The summed E-state index contributed by atoms with van der Waals surface area (Å²) in [5.41, 5.74) is 0. The Labute approximate surface area is 42.1 Å². The summed E-state index contributed by atoms with van der Waals surface area (Å²) in [6.07, 6.45) is 0. The van der Waals surface area contributed by atoms with E-state index in [9.17, 15) is 0 Å². The molecule has 4 nitrogen and oxygen atoms in total. The van der Waals surface area contributed by atoms with Gasteiger partial charge < -0.3 is 14.3 Å². The fourth-order valence-corrected chi connectivity index (χ4v) is 0.245. The highest BCUT2D eigenvalue weighted by atomic mass is 31.2. The molecule has 0 radical (unpaired) electrons. The number of rotatable bonds is 1. The summed E-state index contributed by atoms with van der Waals surface area (Å²) >= 11 is 0. The van der Waals surface area contributed by atoms with E-state index < -0.39 is 7.74 Å². The average Bonchev–Trinajstić information content (AvgIpc) is 1.68. The lowest BCUT2D eigenvalue weighted by molar-refractivity contribution is 0.293. The van der Waals surface area contributed by atoms with Crippen molar-refractivity contribution in [1.82, 2.24) is 0 Å². The summed E-state index contributed by atoms with van der Waals surface area (Å²) < 4.78 is 7.28. The molecule has 0 aliphatic heterocycles. The van der Waals surface area contributed by atoms with Crippen molar-refractivity contribution < 1.29 is 14.3 Å². The minimum absolute atomic E-state index is 1.20. The number of hydrogen-bond acceptors (Lipinski definition) is 2. The second kappa shape index (κ2) is 2.43. The molecule has 0 aliphatic carbocycles. The third kappa shape index (κ3) is 2.76.